The molecular weight excluding hydrogens is 562 g/mol. The lowest BCUT2D eigenvalue weighted by Crippen LogP contribution is -2.35. The second-order valence-corrected chi connectivity index (χ2v) is 10.1. The molecule has 10 heteroatoms. The molecule has 170 valence electrons. The van der Waals surface area contributed by atoms with Gasteiger partial charge < -0.3 is 14.6 Å². The Morgan fingerprint density at radius 3 is 2.66 bits per heavy atom. The van der Waals surface area contributed by atoms with E-state index in [4.69, 9.17) is 9.47 Å². The fourth-order valence-corrected chi connectivity index (χ4v) is 5.16. The molecule has 1 aromatic carbocycles. The smallest absolute Gasteiger partial charge is 0.357 e. The minimum atomic E-state index is -0.460. The van der Waals surface area contributed by atoms with Gasteiger partial charge in [0.2, 0.25) is 0 Å². The van der Waals surface area contributed by atoms with Crippen molar-refractivity contribution in [3.8, 4) is 5.75 Å². The Morgan fingerprint density at radius 2 is 1.97 bits per heavy atom. The topological polar surface area (TPSA) is 76.3 Å². The highest BCUT2D eigenvalue weighted by molar-refractivity contribution is 9.10. The summed E-state index contributed by atoms with van der Waals surface area (Å²) in [4.78, 5) is 20.7. The number of nitrogens with zero attached hydrogens (tertiary/aromatic N) is 3. The molecule has 0 saturated carbocycles. The number of aromatic hydroxyl groups is 1. The van der Waals surface area contributed by atoms with Crippen molar-refractivity contribution in [3.63, 3.8) is 0 Å². The third-order valence-corrected chi connectivity index (χ3v) is 7.39. The Hall–Kier alpha value is -1.59. The van der Waals surface area contributed by atoms with Gasteiger partial charge in [0.05, 0.1) is 25.5 Å². The van der Waals surface area contributed by atoms with Crippen LogP contribution in [-0.2, 0) is 21.8 Å². The van der Waals surface area contributed by atoms with Crippen LogP contribution in [-0.4, -0.2) is 58.3 Å². The van der Waals surface area contributed by atoms with Crippen molar-refractivity contribution >= 4 is 55.2 Å². The Labute approximate surface area is 207 Å². The first-order valence-electron chi connectivity index (χ1n) is 10.2. The van der Waals surface area contributed by atoms with Crippen LogP contribution in [0.1, 0.15) is 28.7 Å². The molecule has 1 aliphatic rings. The van der Waals surface area contributed by atoms with E-state index in [2.05, 4.69) is 41.7 Å². The summed E-state index contributed by atoms with van der Waals surface area (Å²) >= 11 is 8.59. The number of carbonyl (C=O) groups excluding carboxylic acids is 1. The van der Waals surface area contributed by atoms with Crippen molar-refractivity contribution in [2.45, 2.75) is 24.1 Å². The predicted octanol–water partition coefficient (Wildman–Crippen LogP) is 4.87. The van der Waals surface area contributed by atoms with Gasteiger partial charge in [-0.05, 0) is 47.1 Å². The molecule has 0 atom stereocenters. The number of fused-ring (bicyclic) bond motifs is 1. The Kier molecular flexibility index (Phi) is 7.78. The largest absolute Gasteiger partial charge is 0.504 e. The van der Waals surface area contributed by atoms with Gasteiger partial charge in [0.25, 0.3) is 0 Å². The van der Waals surface area contributed by atoms with Crippen LogP contribution in [0, 0.1) is 0 Å². The van der Waals surface area contributed by atoms with Gasteiger partial charge in [0, 0.05) is 51.0 Å². The minimum Gasteiger partial charge on any atom is -0.504 e. The van der Waals surface area contributed by atoms with Gasteiger partial charge >= 0.3 is 5.97 Å². The Morgan fingerprint density at radius 1 is 1.25 bits per heavy atom. The van der Waals surface area contributed by atoms with E-state index in [1.165, 1.54) is 0 Å². The van der Waals surface area contributed by atoms with Crippen LogP contribution in [0.25, 0.3) is 5.65 Å². The van der Waals surface area contributed by atoms with Crippen LogP contribution in [0.5, 0.6) is 5.75 Å². The zero-order valence-corrected chi connectivity index (χ0v) is 21.5. The van der Waals surface area contributed by atoms with E-state index in [-0.39, 0.29) is 12.4 Å². The summed E-state index contributed by atoms with van der Waals surface area (Å²) in [6, 6.07) is 7.95. The van der Waals surface area contributed by atoms with Crippen LogP contribution in [0.2, 0.25) is 0 Å². The maximum Gasteiger partial charge on any atom is 0.357 e. The second-order valence-electron chi connectivity index (χ2n) is 7.26. The maximum atomic E-state index is 12.8. The third-order valence-electron chi connectivity index (χ3n) is 5.16. The van der Waals surface area contributed by atoms with Gasteiger partial charge in [-0.25, -0.2) is 9.78 Å². The molecular formula is C22H23Br2N3O4S. The standard InChI is InChI=1S/C22H23Br2N3O4S/c1-2-31-22(29)19-18(13-32-15-5-3-14(23)4-6-15)25-21-20(28)16(17(24)12-27(19)21)11-26-7-9-30-10-8-26/h3-6,12,28H,2,7-11,13H2,1H3. The number of thioether (sulfide) groups is 1. The molecule has 0 aliphatic carbocycles. The number of aromatic nitrogens is 2. The van der Waals surface area contributed by atoms with Crippen LogP contribution < -0.4 is 0 Å². The molecule has 1 fully saturated rings. The summed E-state index contributed by atoms with van der Waals surface area (Å²) in [6.45, 7) is 5.54. The molecule has 0 unspecified atom stereocenters. The zero-order chi connectivity index (χ0) is 22.7. The summed E-state index contributed by atoms with van der Waals surface area (Å²) in [5, 5.41) is 11.1. The second kappa shape index (κ2) is 10.6. The number of ether oxygens (including phenoxy) is 2. The molecule has 1 saturated heterocycles. The van der Waals surface area contributed by atoms with Crippen molar-refractivity contribution in [2.24, 2.45) is 0 Å². The van der Waals surface area contributed by atoms with Crippen molar-refractivity contribution in [1.29, 1.82) is 0 Å². The Bertz CT molecular complexity index is 1110. The average molecular weight is 585 g/mol. The van der Waals surface area contributed by atoms with Gasteiger partial charge in [0.1, 0.15) is 0 Å². The third kappa shape index (κ3) is 5.14. The Balaban J connectivity index is 1.71. The average Bonchev–Trinajstić information content (AvgIpc) is 3.15. The SMILES string of the molecule is CCOC(=O)c1c(CSc2ccc(Br)cc2)nc2c(O)c(CN3CCOCC3)c(Br)cn12. The molecule has 0 spiro atoms. The normalized spacial score (nSPS) is 14.7. The van der Waals surface area contributed by atoms with Gasteiger partial charge in [-0.2, -0.15) is 0 Å². The highest BCUT2D eigenvalue weighted by atomic mass is 79.9. The summed E-state index contributed by atoms with van der Waals surface area (Å²) in [6.07, 6.45) is 1.79. The van der Waals surface area contributed by atoms with Crippen LogP contribution in [0.15, 0.2) is 44.3 Å². The van der Waals surface area contributed by atoms with E-state index in [0.717, 1.165) is 28.0 Å². The first-order chi connectivity index (χ1) is 15.5. The summed E-state index contributed by atoms with van der Waals surface area (Å²) in [5.41, 5.74) is 2.00. The van der Waals surface area contributed by atoms with Crippen LogP contribution in [0.4, 0.5) is 0 Å². The lowest BCUT2D eigenvalue weighted by Gasteiger charge is -2.27. The van der Waals surface area contributed by atoms with Gasteiger partial charge in [-0.15, -0.1) is 11.8 Å². The molecule has 0 radical (unpaired) electrons. The molecule has 0 amide bonds. The predicted molar refractivity (Wildman–Crippen MR) is 130 cm³/mol. The highest BCUT2D eigenvalue weighted by Gasteiger charge is 2.25. The maximum absolute atomic E-state index is 12.8. The van der Waals surface area contributed by atoms with E-state index in [0.29, 0.717) is 47.0 Å². The number of hydrogen-bond donors (Lipinski definition) is 1. The minimum absolute atomic E-state index is 0.0660. The molecule has 3 heterocycles. The quantitative estimate of drug-likeness (QED) is 0.314. The number of benzene rings is 1. The lowest BCUT2D eigenvalue weighted by molar-refractivity contribution is 0.0338. The van der Waals surface area contributed by atoms with Crippen molar-refractivity contribution in [2.75, 3.05) is 32.9 Å². The summed E-state index contributed by atoms with van der Waals surface area (Å²) < 4.78 is 14.1. The fourth-order valence-electron chi connectivity index (χ4n) is 3.54. The van der Waals surface area contributed by atoms with E-state index in [1.54, 1.807) is 29.3 Å². The van der Waals surface area contributed by atoms with E-state index >= 15 is 0 Å². The van der Waals surface area contributed by atoms with Crippen molar-refractivity contribution in [1.82, 2.24) is 14.3 Å². The van der Waals surface area contributed by atoms with Crippen LogP contribution in [0.3, 0.4) is 0 Å². The first-order valence-corrected chi connectivity index (χ1v) is 12.8. The van der Waals surface area contributed by atoms with Gasteiger partial charge in [-0.1, -0.05) is 15.9 Å². The monoisotopic (exact) mass is 583 g/mol. The molecule has 1 N–H and O–H groups in total. The zero-order valence-electron chi connectivity index (χ0n) is 17.5. The summed E-state index contributed by atoms with van der Waals surface area (Å²) in [5.74, 6) is 0.0720. The molecule has 7 nitrogen and oxygen atoms in total. The number of carbonyl (C=O) groups is 1. The number of imidazole rings is 1. The number of halogens is 2. The van der Waals surface area contributed by atoms with E-state index in [1.807, 2.05) is 24.3 Å². The highest BCUT2D eigenvalue weighted by Crippen LogP contribution is 2.35. The van der Waals surface area contributed by atoms with Gasteiger partial charge in [0.15, 0.2) is 17.1 Å². The first kappa shape index (κ1) is 23.6. The molecule has 3 aromatic rings. The number of morpholine rings is 1. The van der Waals surface area contributed by atoms with Crippen molar-refractivity contribution in [3.05, 3.63) is 56.4 Å². The van der Waals surface area contributed by atoms with E-state index < -0.39 is 5.97 Å². The fraction of sp³-hybridized carbons (Fsp3) is 0.364. The van der Waals surface area contributed by atoms with Crippen LogP contribution >= 0.6 is 43.6 Å². The number of esters is 1. The molecule has 4 rings (SSSR count). The molecule has 1 aliphatic heterocycles. The van der Waals surface area contributed by atoms with E-state index in [9.17, 15) is 9.90 Å². The number of rotatable bonds is 7. The molecule has 0 bridgehead atoms. The number of pyridine rings is 1. The van der Waals surface area contributed by atoms with Crippen molar-refractivity contribution < 1.29 is 19.4 Å². The molecule has 2 aromatic heterocycles. The number of hydrogen-bond acceptors (Lipinski definition) is 7. The molecule has 32 heavy (non-hydrogen) atoms. The van der Waals surface area contributed by atoms with Gasteiger partial charge in [-0.3, -0.25) is 9.30 Å². The lowest BCUT2D eigenvalue weighted by atomic mass is 10.2. The summed E-state index contributed by atoms with van der Waals surface area (Å²) in [7, 11) is 0.